The van der Waals surface area contributed by atoms with Gasteiger partial charge in [0.25, 0.3) is 5.91 Å². The molecule has 0 spiro atoms. The molecule has 1 aliphatic heterocycles. The lowest BCUT2D eigenvalue weighted by Crippen LogP contribution is -2.38. The van der Waals surface area contributed by atoms with E-state index in [1.165, 1.54) is 0 Å². The van der Waals surface area contributed by atoms with E-state index in [-0.39, 0.29) is 18.5 Å². The van der Waals surface area contributed by atoms with Crippen LogP contribution < -0.4 is 11.1 Å². The van der Waals surface area contributed by atoms with Gasteiger partial charge in [-0.05, 0) is 38.0 Å². The highest BCUT2D eigenvalue weighted by molar-refractivity contribution is 5.97. The van der Waals surface area contributed by atoms with Crippen LogP contribution in [0.2, 0.25) is 0 Å². The van der Waals surface area contributed by atoms with Gasteiger partial charge in [-0.25, -0.2) is 0 Å². The number of nitrogens with two attached hydrogens (primary N) is 1. The Hall–Kier alpha value is -1.83. The Bertz CT molecular complexity index is 566. The van der Waals surface area contributed by atoms with E-state index in [9.17, 15) is 4.79 Å². The molecule has 1 fully saturated rings. The molecule has 2 rings (SSSR count). The fourth-order valence-electron chi connectivity index (χ4n) is 2.46. The maximum Gasteiger partial charge on any atom is 0.252 e. The first-order chi connectivity index (χ1) is 10.1. The molecule has 4 nitrogen and oxygen atoms in total. The number of rotatable bonds is 3. The minimum atomic E-state index is -0.0873. The van der Waals surface area contributed by atoms with Crippen LogP contribution in [-0.2, 0) is 4.74 Å². The van der Waals surface area contributed by atoms with Crippen molar-refractivity contribution < 1.29 is 9.53 Å². The number of hydrogen-bond donors (Lipinski definition) is 2. The number of carbonyl (C=O) groups is 1. The lowest BCUT2D eigenvalue weighted by atomic mass is 9.99. The zero-order valence-corrected chi connectivity index (χ0v) is 12.6. The SMILES string of the molecule is Cc1ccc(C(=O)NC(C)C2CCOC2)c(C#CCN)c1. The zero-order valence-electron chi connectivity index (χ0n) is 12.6. The van der Waals surface area contributed by atoms with E-state index in [0.29, 0.717) is 11.5 Å². The first-order valence-electron chi connectivity index (χ1n) is 7.30. The molecule has 1 aromatic carbocycles. The number of aryl methyl sites for hydroxylation is 1. The normalized spacial score (nSPS) is 18.7. The molecule has 0 aromatic heterocycles. The van der Waals surface area contributed by atoms with Crippen LogP contribution in [0.1, 0.15) is 34.8 Å². The van der Waals surface area contributed by atoms with Crippen LogP contribution in [0.4, 0.5) is 0 Å². The quantitative estimate of drug-likeness (QED) is 0.827. The van der Waals surface area contributed by atoms with Crippen molar-refractivity contribution in [3.63, 3.8) is 0 Å². The third-order valence-corrected chi connectivity index (χ3v) is 3.78. The Morgan fingerprint density at radius 3 is 3.05 bits per heavy atom. The number of nitrogens with one attached hydrogen (secondary N) is 1. The summed E-state index contributed by atoms with van der Waals surface area (Å²) in [5.74, 6) is 6.09. The standard InChI is InChI=1S/C17H22N2O2/c1-12-5-6-16(14(10-12)4-3-8-18)17(20)19-13(2)15-7-9-21-11-15/h5-6,10,13,15H,7-9,11,18H2,1-2H3,(H,19,20). The van der Waals surface area contributed by atoms with Crippen molar-refractivity contribution in [2.75, 3.05) is 19.8 Å². The molecule has 0 bridgehead atoms. The minimum absolute atomic E-state index is 0.0873. The van der Waals surface area contributed by atoms with Crippen LogP contribution in [0.15, 0.2) is 18.2 Å². The van der Waals surface area contributed by atoms with E-state index in [1.54, 1.807) is 0 Å². The molecule has 1 aliphatic rings. The number of amides is 1. The fraction of sp³-hybridized carbons (Fsp3) is 0.471. The van der Waals surface area contributed by atoms with Gasteiger partial charge in [0.15, 0.2) is 0 Å². The summed E-state index contributed by atoms with van der Waals surface area (Å²) in [6, 6.07) is 5.76. The van der Waals surface area contributed by atoms with Crippen LogP contribution in [0, 0.1) is 24.7 Å². The molecule has 1 aromatic rings. The summed E-state index contributed by atoms with van der Waals surface area (Å²) in [5, 5.41) is 3.06. The zero-order chi connectivity index (χ0) is 15.2. The molecule has 1 saturated heterocycles. The highest BCUT2D eigenvalue weighted by atomic mass is 16.5. The van der Waals surface area contributed by atoms with Gasteiger partial charge in [-0.3, -0.25) is 4.79 Å². The summed E-state index contributed by atoms with van der Waals surface area (Å²) in [5.41, 5.74) is 7.82. The van der Waals surface area contributed by atoms with E-state index < -0.39 is 0 Å². The molecule has 2 atom stereocenters. The Morgan fingerprint density at radius 1 is 1.57 bits per heavy atom. The first kappa shape index (κ1) is 15.6. The van der Waals surface area contributed by atoms with Crippen molar-refractivity contribution in [1.29, 1.82) is 0 Å². The van der Waals surface area contributed by atoms with Gasteiger partial charge in [0.1, 0.15) is 0 Å². The van der Waals surface area contributed by atoms with Crippen LogP contribution >= 0.6 is 0 Å². The molecule has 1 amide bonds. The van der Waals surface area contributed by atoms with Gasteiger partial charge in [-0.1, -0.05) is 17.9 Å². The van der Waals surface area contributed by atoms with E-state index >= 15 is 0 Å². The van der Waals surface area contributed by atoms with Crippen molar-refractivity contribution in [2.45, 2.75) is 26.3 Å². The van der Waals surface area contributed by atoms with Gasteiger partial charge in [0.2, 0.25) is 0 Å². The molecular weight excluding hydrogens is 264 g/mol. The van der Waals surface area contributed by atoms with Gasteiger partial charge in [0, 0.05) is 24.1 Å². The highest BCUT2D eigenvalue weighted by Crippen LogP contribution is 2.17. The molecule has 21 heavy (non-hydrogen) atoms. The van der Waals surface area contributed by atoms with Crippen molar-refractivity contribution in [3.8, 4) is 11.8 Å². The van der Waals surface area contributed by atoms with Gasteiger partial charge < -0.3 is 15.8 Å². The molecule has 0 aliphatic carbocycles. The predicted octanol–water partition coefficient (Wildman–Crippen LogP) is 1.46. The molecular formula is C17H22N2O2. The second kappa shape index (κ2) is 7.26. The van der Waals surface area contributed by atoms with Crippen molar-refractivity contribution in [2.24, 2.45) is 11.7 Å². The van der Waals surface area contributed by atoms with E-state index in [4.69, 9.17) is 10.5 Å². The highest BCUT2D eigenvalue weighted by Gasteiger charge is 2.24. The molecule has 0 saturated carbocycles. The van der Waals surface area contributed by atoms with Gasteiger partial charge in [-0.15, -0.1) is 0 Å². The molecule has 3 N–H and O–H groups in total. The minimum Gasteiger partial charge on any atom is -0.381 e. The van der Waals surface area contributed by atoms with Crippen molar-refractivity contribution >= 4 is 5.91 Å². The maximum absolute atomic E-state index is 12.5. The summed E-state index contributed by atoms with van der Waals surface area (Å²) >= 11 is 0. The number of benzene rings is 1. The number of carbonyl (C=O) groups excluding carboxylic acids is 1. The average molecular weight is 286 g/mol. The van der Waals surface area contributed by atoms with E-state index in [0.717, 1.165) is 30.8 Å². The summed E-state index contributed by atoms with van der Waals surface area (Å²) in [4.78, 5) is 12.5. The van der Waals surface area contributed by atoms with E-state index in [2.05, 4.69) is 17.2 Å². The number of ether oxygens (including phenoxy) is 1. The van der Waals surface area contributed by atoms with Crippen molar-refractivity contribution in [1.82, 2.24) is 5.32 Å². The summed E-state index contributed by atoms with van der Waals surface area (Å²) in [6.45, 7) is 5.78. The Labute approximate surface area is 126 Å². The van der Waals surface area contributed by atoms with Gasteiger partial charge in [-0.2, -0.15) is 0 Å². The summed E-state index contributed by atoms with van der Waals surface area (Å²) in [6.07, 6.45) is 0.995. The Morgan fingerprint density at radius 2 is 2.38 bits per heavy atom. The second-order valence-corrected chi connectivity index (χ2v) is 5.44. The number of hydrogen-bond acceptors (Lipinski definition) is 3. The van der Waals surface area contributed by atoms with Gasteiger partial charge >= 0.3 is 0 Å². The third-order valence-electron chi connectivity index (χ3n) is 3.78. The molecule has 112 valence electrons. The Kier molecular flexibility index (Phi) is 5.38. The fourth-order valence-corrected chi connectivity index (χ4v) is 2.46. The smallest absolute Gasteiger partial charge is 0.252 e. The topological polar surface area (TPSA) is 64.3 Å². The van der Waals surface area contributed by atoms with Crippen LogP contribution in [0.3, 0.4) is 0 Å². The van der Waals surface area contributed by atoms with Gasteiger partial charge in [0.05, 0.1) is 18.7 Å². The molecule has 1 heterocycles. The third kappa shape index (κ3) is 4.07. The maximum atomic E-state index is 12.5. The van der Waals surface area contributed by atoms with Crippen LogP contribution in [0.25, 0.3) is 0 Å². The average Bonchev–Trinajstić information content (AvgIpc) is 2.99. The first-order valence-corrected chi connectivity index (χ1v) is 7.30. The second-order valence-electron chi connectivity index (χ2n) is 5.44. The summed E-state index contributed by atoms with van der Waals surface area (Å²) < 4.78 is 5.37. The predicted molar refractivity (Wildman–Crippen MR) is 83.0 cm³/mol. The lowest BCUT2D eigenvalue weighted by Gasteiger charge is -2.19. The monoisotopic (exact) mass is 286 g/mol. The van der Waals surface area contributed by atoms with Crippen LogP contribution in [0.5, 0.6) is 0 Å². The Balaban J connectivity index is 2.14. The molecule has 4 heteroatoms. The largest absolute Gasteiger partial charge is 0.381 e. The van der Waals surface area contributed by atoms with Crippen molar-refractivity contribution in [3.05, 3.63) is 34.9 Å². The van der Waals surface area contributed by atoms with Crippen LogP contribution in [-0.4, -0.2) is 31.7 Å². The molecule has 2 unspecified atom stereocenters. The van der Waals surface area contributed by atoms with E-state index in [1.807, 2.05) is 32.0 Å². The summed E-state index contributed by atoms with van der Waals surface area (Å²) in [7, 11) is 0. The molecule has 0 radical (unpaired) electrons. The lowest BCUT2D eigenvalue weighted by molar-refractivity contribution is 0.0922.